The van der Waals surface area contributed by atoms with Crippen LogP contribution in [0.1, 0.15) is 12.6 Å². The third-order valence-electron chi connectivity index (χ3n) is 3.12. The highest BCUT2D eigenvalue weighted by molar-refractivity contribution is 7.98. The number of carbonyl (C=O) groups excluding carboxylic acids is 1. The molecule has 0 aliphatic carbocycles. The van der Waals surface area contributed by atoms with Crippen LogP contribution in [0.3, 0.4) is 0 Å². The summed E-state index contributed by atoms with van der Waals surface area (Å²) in [6, 6.07) is 8.07. The van der Waals surface area contributed by atoms with Crippen molar-refractivity contribution >= 4 is 45.2 Å². The van der Waals surface area contributed by atoms with Gasteiger partial charge in [0.1, 0.15) is 0 Å². The number of para-hydroxylation sites is 2. The molecule has 0 spiro atoms. The smallest absolute Gasteiger partial charge is 0.223 e. The van der Waals surface area contributed by atoms with E-state index in [1.54, 1.807) is 11.8 Å². The highest BCUT2D eigenvalue weighted by atomic mass is 32.2. The summed E-state index contributed by atoms with van der Waals surface area (Å²) in [6.07, 6.45) is 1.87. The molecule has 0 saturated carbocycles. The predicted molar refractivity (Wildman–Crippen MR) is 95.9 cm³/mol. The van der Waals surface area contributed by atoms with Gasteiger partial charge >= 0.3 is 0 Å². The fourth-order valence-electron chi connectivity index (χ4n) is 2.19. The summed E-state index contributed by atoms with van der Waals surface area (Å²) in [5.41, 5.74) is 3.02. The van der Waals surface area contributed by atoms with Gasteiger partial charge in [-0.15, -0.1) is 17.9 Å². The number of carbonyl (C=O) groups is 1. The number of thiazole rings is 1. The van der Waals surface area contributed by atoms with Crippen LogP contribution in [0, 0.1) is 0 Å². The van der Waals surface area contributed by atoms with Crippen molar-refractivity contribution in [1.82, 2.24) is 14.5 Å². The summed E-state index contributed by atoms with van der Waals surface area (Å²) in [6.45, 7) is 6.02. The molecule has 0 aliphatic heterocycles. The van der Waals surface area contributed by atoms with Crippen LogP contribution in [0.5, 0.6) is 0 Å². The van der Waals surface area contributed by atoms with Gasteiger partial charge in [-0.3, -0.25) is 4.79 Å². The number of anilines is 1. The molecule has 0 saturated heterocycles. The van der Waals surface area contributed by atoms with Crippen molar-refractivity contribution < 1.29 is 4.79 Å². The van der Waals surface area contributed by atoms with Gasteiger partial charge in [0.15, 0.2) is 10.3 Å². The van der Waals surface area contributed by atoms with Gasteiger partial charge < -0.3 is 9.88 Å². The van der Waals surface area contributed by atoms with Crippen LogP contribution >= 0.6 is 23.1 Å². The number of imidazole rings is 1. The van der Waals surface area contributed by atoms with Gasteiger partial charge in [0.25, 0.3) is 0 Å². The Morgan fingerprint density at radius 1 is 1.43 bits per heavy atom. The number of hydrogen-bond donors (Lipinski definition) is 1. The molecule has 2 aromatic heterocycles. The summed E-state index contributed by atoms with van der Waals surface area (Å²) in [4.78, 5) is 20.1. The zero-order chi connectivity index (χ0) is 16.2. The largest absolute Gasteiger partial charge is 0.315 e. The average Bonchev–Trinajstić information content (AvgIpc) is 3.10. The maximum Gasteiger partial charge on any atom is 0.223 e. The SMILES string of the molecule is C=CCn1c(SCc2csc(NC(C)=O)n2)nc2ccccc21. The number of aromatic nitrogens is 3. The molecule has 23 heavy (non-hydrogen) atoms. The predicted octanol–water partition coefficient (Wildman–Crippen LogP) is 3.93. The number of nitrogens with zero attached hydrogens (tertiary/aromatic N) is 3. The quantitative estimate of drug-likeness (QED) is 0.544. The van der Waals surface area contributed by atoms with Gasteiger partial charge in [-0.25, -0.2) is 9.97 Å². The summed E-state index contributed by atoms with van der Waals surface area (Å²) in [5, 5.41) is 6.24. The summed E-state index contributed by atoms with van der Waals surface area (Å²) in [7, 11) is 0. The molecule has 2 heterocycles. The van der Waals surface area contributed by atoms with Crippen LogP contribution in [0.15, 0.2) is 47.5 Å². The third-order valence-corrected chi connectivity index (χ3v) is 4.93. The summed E-state index contributed by atoms with van der Waals surface area (Å²) >= 11 is 3.07. The minimum absolute atomic E-state index is 0.105. The lowest BCUT2D eigenvalue weighted by Gasteiger charge is -2.04. The molecule has 0 atom stereocenters. The minimum Gasteiger partial charge on any atom is -0.315 e. The minimum atomic E-state index is -0.105. The molecule has 1 aromatic carbocycles. The second-order valence-electron chi connectivity index (χ2n) is 4.90. The van der Waals surface area contributed by atoms with E-state index in [0.29, 0.717) is 10.9 Å². The lowest BCUT2D eigenvalue weighted by Crippen LogP contribution is -2.05. The normalized spacial score (nSPS) is 10.8. The zero-order valence-electron chi connectivity index (χ0n) is 12.7. The van der Waals surface area contributed by atoms with E-state index in [4.69, 9.17) is 0 Å². The second kappa shape index (κ2) is 6.97. The molecule has 0 fully saturated rings. The molecule has 1 N–H and O–H groups in total. The monoisotopic (exact) mass is 344 g/mol. The first kappa shape index (κ1) is 15.8. The molecule has 3 rings (SSSR count). The molecule has 7 heteroatoms. The number of benzene rings is 1. The summed E-state index contributed by atoms with van der Waals surface area (Å²) in [5.74, 6) is 0.600. The molecule has 3 aromatic rings. The van der Waals surface area contributed by atoms with Gasteiger partial charge in [0.2, 0.25) is 5.91 Å². The molecular weight excluding hydrogens is 328 g/mol. The molecule has 0 bridgehead atoms. The first-order valence-electron chi connectivity index (χ1n) is 7.08. The lowest BCUT2D eigenvalue weighted by atomic mass is 10.3. The van der Waals surface area contributed by atoms with Crippen LogP contribution in [-0.4, -0.2) is 20.4 Å². The van der Waals surface area contributed by atoms with E-state index < -0.39 is 0 Å². The Bertz CT molecular complexity index is 853. The molecule has 0 unspecified atom stereocenters. The maximum absolute atomic E-state index is 11.0. The van der Waals surface area contributed by atoms with Crippen LogP contribution in [-0.2, 0) is 17.1 Å². The Labute approximate surface area is 142 Å². The van der Waals surface area contributed by atoms with E-state index in [-0.39, 0.29) is 5.91 Å². The van der Waals surface area contributed by atoms with Crippen molar-refractivity contribution in [3.05, 3.63) is 48.0 Å². The molecule has 0 aliphatic rings. The lowest BCUT2D eigenvalue weighted by molar-refractivity contribution is -0.114. The van der Waals surface area contributed by atoms with Crippen molar-refractivity contribution in [2.24, 2.45) is 0 Å². The third kappa shape index (κ3) is 3.62. The van der Waals surface area contributed by atoms with Crippen LogP contribution in [0.4, 0.5) is 5.13 Å². The Morgan fingerprint density at radius 3 is 3.04 bits per heavy atom. The Balaban J connectivity index is 1.78. The van der Waals surface area contributed by atoms with Crippen molar-refractivity contribution in [1.29, 1.82) is 0 Å². The van der Waals surface area contributed by atoms with Crippen molar-refractivity contribution in [3.63, 3.8) is 0 Å². The fraction of sp³-hybridized carbons (Fsp3) is 0.188. The van der Waals surface area contributed by atoms with Crippen LogP contribution < -0.4 is 5.32 Å². The Hall–Kier alpha value is -2.12. The first-order valence-corrected chi connectivity index (χ1v) is 8.95. The average molecular weight is 344 g/mol. The molecule has 1 amide bonds. The van der Waals surface area contributed by atoms with E-state index in [0.717, 1.165) is 28.4 Å². The fourth-order valence-corrected chi connectivity index (χ4v) is 3.97. The molecule has 5 nitrogen and oxygen atoms in total. The number of allylic oxidation sites excluding steroid dienone is 1. The Morgan fingerprint density at radius 2 is 2.26 bits per heavy atom. The number of fused-ring (bicyclic) bond motifs is 1. The van der Waals surface area contributed by atoms with Gasteiger partial charge in [-0.05, 0) is 12.1 Å². The van der Waals surface area contributed by atoms with E-state index >= 15 is 0 Å². The van der Waals surface area contributed by atoms with E-state index in [9.17, 15) is 4.79 Å². The van der Waals surface area contributed by atoms with E-state index in [2.05, 4.69) is 32.5 Å². The molecule has 118 valence electrons. The van der Waals surface area contributed by atoms with Gasteiger partial charge in [-0.1, -0.05) is 30.0 Å². The number of nitrogens with one attached hydrogen (secondary N) is 1. The van der Waals surface area contributed by atoms with Gasteiger partial charge in [0.05, 0.1) is 16.7 Å². The number of rotatable bonds is 6. The summed E-state index contributed by atoms with van der Waals surface area (Å²) < 4.78 is 2.15. The second-order valence-corrected chi connectivity index (χ2v) is 6.70. The van der Waals surface area contributed by atoms with Crippen molar-refractivity contribution in [2.75, 3.05) is 5.32 Å². The van der Waals surface area contributed by atoms with E-state index in [1.165, 1.54) is 18.3 Å². The molecular formula is C16H16N4OS2. The zero-order valence-corrected chi connectivity index (χ0v) is 14.3. The van der Waals surface area contributed by atoms with E-state index in [1.807, 2.05) is 29.7 Å². The van der Waals surface area contributed by atoms with Gasteiger partial charge in [0, 0.05) is 24.6 Å². The number of hydrogen-bond acceptors (Lipinski definition) is 5. The maximum atomic E-state index is 11.0. The van der Waals surface area contributed by atoms with Crippen LogP contribution in [0.2, 0.25) is 0 Å². The number of thioether (sulfide) groups is 1. The van der Waals surface area contributed by atoms with Gasteiger partial charge in [-0.2, -0.15) is 0 Å². The topological polar surface area (TPSA) is 59.8 Å². The van der Waals surface area contributed by atoms with Crippen molar-refractivity contribution in [2.45, 2.75) is 24.4 Å². The highest BCUT2D eigenvalue weighted by Gasteiger charge is 2.11. The van der Waals surface area contributed by atoms with Crippen LogP contribution in [0.25, 0.3) is 11.0 Å². The van der Waals surface area contributed by atoms with Crippen molar-refractivity contribution in [3.8, 4) is 0 Å². The standard InChI is InChI=1S/C16H16N4OS2/c1-3-8-20-14-7-5-4-6-13(14)19-16(20)23-10-12-9-22-15(18-12)17-11(2)21/h3-7,9H,1,8,10H2,2H3,(H,17,18,21). The highest BCUT2D eigenvalue weighted by Crippen LogP contribution is 2.28. The molecule has 0 radical (unpaired) electrons. The first-order chi connectivity index (χ1) is 11.2. The Kier molecular flexibility index (Phi) is 4.78. The number of amides is 1.